The maximum atomic E-state index is 10.8. The highest BCUT2D eigenvalue weighted by Crippen LogP contribution is 2.36. The fourth-order valence-corrected chi connectivity index (χ4v) is 4.00. The number of nitrogens with zero attached hydrogens (tertiary/aromatic N) is 2. The number of carbonyl (C=O) groups is 1. The normalized spacial score (nSPS) is 23.8. The molecule has 0 radical (unpaired) electrons. The van der Waals surface area contributed by atoms with Gasteiger partial charge in [0.25, 0.3) is 0 Å². The zero-order valence-electron chi connectivity index (χ0n) is 16.9. The summed E-state index contributed by atoms with van der Waals surface area (Å²) in [5, 5.41) is 9.63. The Kier molecular flexibility index (Phi) is 7.86. The Morgan fingerprint density at radius 3 is 2.39 bits per heavy atom. The highest BCUT2D eigenvalue weighted by molar-refractivity contribution is 6.32. The average Bonchev–Trinajstić information content (AvgIpc) is 3.07. The first-order chi connectivity index (χ1) is 13.5. The lowest BCUT2D eigenvalue weighted by Gasteiger charge is -2.37. The lowest BCUT2D eigenvalue weighted by Crippen LogP contribution is -2.41. The molecule has 3 aliphatic rings. The van der Waals surface area contributed by atoms with Gasteiger partial charge in [0.05, 0.1) is 11.1 Å². The molecule has 1 aromatic rings. The van der Waals surface area contributed by atoms with Crippen LogP contribution in [0.2, 0.25) is 5.02 Å². The molecule has 156 valence electrons. The number of hydrogen-bond acceptors (Lipinski definition) is 3. The number of likely N-dealkylation sites (tertiary alicyclic amines) is 1. The molecule has 4 rings (SSSR count). The van der Waals surface area contributed by atoms with E-state index in [1.165, 1.54) is 43.4 Å². The molecule has 1 aromatic carbocycles. The highest BCUT2D eigenvalue weighted by Gasteiger charge is 2.33. The molecule has 1 amide bonds. The lowest BCUT2D eigenvalue weighted by atomic mass is 9.82. The standard InChI is InChI=1S/C18H25ClN2O3.C4H8/c1-20(18(22)23)11-13-9-15(10-13)24-16-6-4-5-14(17(16)19)12-21-7-2-3-8-21;1-2-4-3-1/h4-6,13,15H,2-3,7-12H2,1H3,(H,22,23);1-4H2. The van der Waals surface area contributed by atoms with Crippen LogP contribution in [0, 0.1) is 5.92 Å². The summed E-state index contributed by atoms with van der Waals surface area (Å²) in [7, 11) is 1.61. The van der Waals surface area contributed by atoms with E-state index in [1.807, 2.05) is 12.1 Å². The summed E-state index contributed by atoms with van der Waals surface area (Å²) in [5.74, 6) is 1.13. The molecule has 5 nitrogen and oxygen atoms in total. The molecular weight excluding hydrogens is 376 g/mol. The van der Waals surface area contributed by atoms with Crippen molar-refractivity contribution in [3.8, 4) is 5.75 Å². The molecule has 0 bridgehead atoms. The maximum absolute atomic E-state index is 10.8. The number of rotatable bonds is 6. The summed E-state index contributed by atoms with van der Waals surface area (Å²) in [5.41, 5.74) is 1.12. The Bertz CT molecular complexity index is 635. The second-order valence-electron chi connectivity index (χ2n) is 8.37. The number of hydrogen-bond donors (Lipinski definition) is 1. The molecular formula is C22H33ClN2O3. The largest absolute Gasteiger partial charge is 0.489 e. The summed E-state index contributed by atoms with van der Waals surface area (Å²) in [6.07, 6.45) is 9.55. The van der Waals surface area contributed by atoms with Crippen LogP contribution >= 0.6 is 11.6 Å². The number of ether oxygens (including phenoxy) is 1. The van der Waals surface area contributed by atoms with E-state index in [9.17, 15) is 4.79 Å². The average molecular weight is 409 g/mol. The van der Waals surface area contributed by atoms with Crippen LogP contribution in [-0.4, -0.2) is 53.8 Å². The van der Waals surface area contributed by atoms with E-state index < -0.39 is 6.09 Å². The summed E-state index contributed by atoms with van der Waals surface area (Å²) >= 11 is 6.54. The van der Waals surface area contributed by atoms with Crippen molar-refractivity contribution < 1.29 is 14.6 Å². The Hall–Kier alpha value is -1.46. The number of amides is 1. The van der Waals surface area contributed by atoms with Crippen molar-refractivity contribution in [3.63, 3.8) is 0 Å². The van der Waals surface area contributed by atoms with Crippen LogP contribution < -0.4 is 4.74 Å². The smallest absolute Gasteiger partial charge is 0.407 e. The number of halogens is 1. The molecule has 2 aliphatic carbocycles. The topological polar surface area (TPSA) is 53.0 Å². The van der Waals surface area contributed by atoms with Gasteiger partial charge in [-0.1, -0.05) is 49.4 Å². The fourth-order valence-electron chi connectivity index (χ4n) is 3.77. The molecule has 1 N–H and O–H groups in total. The third kappa shape index (κ3) is 6.02. The first kappa shape index (κ1) is 21.3. The van der Waals surface area contributed by atoms with Gasteiger partial charge in [-0.25, -0.2) is 4.79 Å². The van der Waals surface area contributed by atoms with Gasteiger partial charge in [-0.15, -0.1) is 0 Å². The van der Waals surface area contributed by atoms with Crippen molar-refractivity contribution in [3.05, 3.63) is 28.8 Å². The predicted octanol–water partition coefficient (Wildman–Crippen LogP) is 5.26. The molecule has 0 unspecified atom stereocenters. The van der Waals surface area contributed by atoms with Crippen molar-refractivity contribution in [2.75, 3.05) is 26.7 Å². The zero-order chi connectivity index (χ0) is 19.9. The number of benzene rings is 1. The molecule has 28 heavy (non-hydrogen) atoms. The van der Waals surface area contributed by atoms with Crippen molar-refractivity contribution in [2.45, 2.75) is 64.0 Å². The Balaban J connectivity index is 0.000000500. The minimum atomic E-state index is -0.878. The third-order valence-electron chi connectivity index (χ3n) is 5.98. The van der Waals surface area contributed by atoms with Gasteiger partial charge in [0.1, 0.15) is 5.75 Å². The van der Waals surface area contributed by atoms with Crippen molar-refractivity contribution in [2.24, 2.45) is 5.92 Å². The van der Waals surface area contributed by atoms with Crippen LogP contribution in [0.3, 0.4) is 0 Å². The SMILES string of the molecule is C1CCC1.CN(CC1CC(Oc2cccc(CN3CCCC3)c2Cl)C1)C(=O)O. The molecule has 6 heteroatoms. The van der Waals surface area contributed by atoms with Crippen molar-refractivity contribution in [1.29, 1.82) is 0 Å². The van der Waals surface area contributed by atoms with Gasteiger partial charge in [0.2, 0.25) is 0 Å². The second kappa shape index (κ2) is 10.4. The van der Waals surface area contributed by atoms with Gasteiger partial charge in [-0.05, 0) is 56.3 Å². The quantitative estimate of drug-likeness (QED) is 0.697. The predicted molar refractivity (Wildman–Crippen MR) is 112 cm³/mol. The minimum absolute atomic E-state index is 0.136. The molecule has 3 fully saturated rings. The van der Waals surface area contributed by atoms with E-state index >= 15 is 0 Å². The van der Waals surface area contributed by atoms with Crippen molar-refractivity contribution in [1.82, 2.24) is 9.80 Å². The van der Waals surface area contributed by atoms with E-state index in [0.29, 0.717) is 12.5 Å². The van der Waals surface area contributed by atoms with Gasteiger partial charge in [0.15, 0.2) is 0 Å². The third-order valence-corrected chi connectivity index (χ3v) is 6.41. The van der Waals surface area contributed by atoms with Gasteiger partial charge in [-0.3, -0.25) is 4.90 Å². The summed E-state index contributed by atoms with van der Waals surface area (Å²) in [6.45, 7) is 3.73. The molecule has 0 atom stereocenters. The van der Waals surface area contributed by atoms with E-state index in [0.717, 1.165) is 48.8 Å². The van der Waals surface area contributed by atoms with Crippen LogP contribution in [0.15, 0.2) is 18.2 Å². The molecule has 1 saturated heterocycles. The van der Waals surface area contributed by atoms with E-state index in [4.69, 9.17) is 21.4 Å². The zero-order valence-corrected chi connectivity index (χ0v) is 17.7. The Labute approximate surface area is 173 Å². The van der Waals surface area contributed by atoms with E-state index in [1.54, 1.807) is 7.05 Å². The molecule has 2 saturated carbocycles. The van der Waals surface area contributed by atoms with Gasteiger partial charge in [0, 0.05) is 20.1 Å². The number of carboxylic acid groups (broad SMARTS) is 1. The maximum Gasteiger partial charge on any atom is 0.407 e. The molecule has 1 heterocycles. The fraction of sp³-hybridized carbons (Fsp3) is 0.682. The first-order valence-corrected chi connectivity index (χ1v) is 11.0. The minimum Gasteiger partial charge on any atom is -0.489 e. The highest BCUT2D eigenvalue weighted by atomic mass is 35.5. The summed E-state index contributed by atoms with van der Waals surface area (Å²) in [6, 6.07) is 5.99. The summed E-state index contributed by atoms with van der Waals surface area (Å²) in [4.78, 5) is 14.6. The van der Waals surface area contributed by atoms with Crippen LogP contribution in [0.1, 0.15) is 56.9 Å². The molecule has 0 spiro atoms. The van der Waals surface area contributed by atoms with Gasteiger partial charge in [-0.2, -0.15) is 0 Å². The Morgan fingerprint density at radius 1 is 1.18 bits per heavy atom. The van der Waals surface area contributed by atoms with Crippen LogP contribution in [0.25, 0.3) is 0 Å². The monoisotopic (exact) mass is 408 g/mol. The summed E-state index contributed by atoms with van der Waals surface area (Å²) < 4.78 is 6.04. The van der Waals surface area contributed by atoms with E-state index in [2.05, 4.69) is 11.0 Å². The van der Waals surface area contributed by atoms with Crippen molar-refractivity contribution >= 4 is 17.7 Å². The lowest BCUT2D eigenvalue weighted by molar-refractivity contribution is 0.0474. The van der Waals surface area contributed by atoms with Gasteiger partial charge < -0.3 is 14.7 Å². The van der Waals surface area contributed by atoms with E-state index in [-0.39, 0.29) is 6.10 Å². The van der Waals surface area contributed by atoms with Crippen LogP contribution in [0.5, 0.6) is 5.75 Å². The van der Waals surface area contributed by atoms with Crippen LogP contribution in [0.4, 0.5) is 4.79 Å². The first-order valence-electron chi connectivity index (χ1n) is 10.6. The van der Waals surface area contributed by atoms with Crippen LogP contribution in [-0.2, 0) is 6.54 Å². The Morgan fingerprint density at radius 2 is 1.82 bits per heavy atom. The molecule has 1 aliphatic heterocycles. The second-order valence-corrected chi connectivity index (χ2v) is 8.75. The van der Waals surface area contributed by atoms with Gasteiger partial charge >= 0.3 is 6.09 Å². The molecule has 0 aromatic heterocycles.